The minimum atomic E-state index is -0.485. The molecule has 0 bridgehead atoms. The average molecular weight is 294 g/mol. The molecule has 0 saturated carbocycles. The first kappa shape index (κ1) is 13.1. The van der Waals surface area contributed by atoms with E-state index in [4.69, 9.17) is 27.9 Å². The standard InChI is InChI=1S/C11H13Cl2NO2S/c1-7(12)11(15)14-4-5-16-8(6-14)9-2-3-10(13)17-9/h2-3,7-8H,4-6H2,1H3. The lowest BCUT2D eigenvalue weighted by Crippen LogP contribution is -2.44. The molecule has 2 rings (SSSR count). The van der Waals surface area contributed by atoms with E-state index in [0.717, 1.165) is 9.21 Å². The van der Waals surface area contributed by atoms with Gasteiger partial charge in [0.05, 0.1) is 17.5 Å². The Labute approximate surface area is 114 Å². The Bertz CT molecular complexity index is 408. The maximum absolute atomic E-state index is 11.8. The molecular weight excluding hydrogens is 281 g/mol. The molecule has 2 unspecified atom stereocenters. The largest absolute Gasteiger partial charge is 0.369 e. The van der Waals surface area contributed by atoms with E-state index in [1.807, 2.05) is 12.1 Å². The second-order valence-electron chi connectivity index (χ2n) is 3.90. The van der Waals surface area contributed by atoms with Crippen LogP contribution in [0.3, 0.4) is 0 Å². The van der Waals surface area contributed by atoms with E-state index in [-0.39, 0.29) is 12.0 Å². The quantitative estimate of drug-likeness (QED) is 0.785. The maximum Gasteiger partial charge on any atom is 0.240 e. The number of carbonyl (C=O) groups excluding carboxylic acids is 1. The van der Waals surface area contributed by atoms with Crippen LogP contribution in [0.5, 0.6) is 0 Å². The third-order valence-electron chi connectivity index (χ3n) is 2.63. The molecule has 1 saturated heterocycles. The van der Waals surface area contributed by atoms with Gasteiger partial charge in [-0.2, -0.15) is 0 Å². The number of carbonyl (C=O) groups is 1. The fourth-order valence-electron chi connectivity index (χ4n) is 1.77. The van der Waals surface area contributed by atoms with Crippen LogP contribution >= 0.6 is 34.5 Å². The number of nitrogens with zero attached hydrogens (tertiary/aromatic N) is 1. The summed E-state index contributed by atoms with van der Waals surface area (Å²) in [5.41, 5.74) is 0. The van der Waals surface area contributed by atoms with Crippen LogP contribution in [0.25, 0.3) is 0 Å². The van der Waals surface area contributed by atoms with Crippen molar-refractivity contribution in [2.75, 3.05) is 19.7 Å². The van der Waals surface area contributed by atoms with E-state index in [0.29, 0.717) is 19.7 Å². The molecule has 0 aromatic carbocycles. The summed E-state index contributed by atoms with van der Waals surface area (Å²) in [4.78, 5) is 14.6. The summed E-state index contributed by atoms with van der Waals surface area (Å²) in [5, 5.41) is -0.485. The van der Waals surface area contributed by atoms with Crippen molar-refractivity contribution < 1.29 is 9.53 Å². The molecule has 1 aliphatic rings. The summed E-state index contributed by atoms with van der Waals surface area (Å²) in [6, 6.07) is 3.78. The summed E-state index contributed by atoms with van der Waals surface area (Å²) in [6.07, 6.45) is -0.0828. The molecule has 6 heteroatoms. The van der Waals surface area contributed by atoms with Gasteiger partial charge < -0.3 is 9.64 Å². The fourth-order valence-corrected chi connectivity index (χ4v) is 3.01. The molecule has 0 spiro atoms. The molecule has 1 aromatic heterocycles. The Hall–Kier alpha value is -0.290. The van der Waals surface area contributed by atoms with Crippen LogP contribution in [0.2, 0.25) is 4.34 Å². The third-order valence-corrected chi connectivity index (χ3v) is 4.14. The minimum absolute atomic E-state index is 0.0392. The molecule has 2 atom stereocenters. The smallest absolute Gasteiger partial charge is 0.240 e. The average Bonchev–Trinajstić information content (AvgIpc) is 2.75. The molecule has 1 amide bonds. The van der Waals surface area contributed by atoms with Crippen molar-refractivity contribution in [3.05, 3.63) is 21.3 Å². The minimum Gasteiger partial charge on any atom is -0.369 e. The van der Waals surface area contributed by atoms with Crippen molar-refractivity contribution in [1.29, 1.82) is 0 Å². The summed E-state index contributed by atoms with van der Waals surface area (Å²) in [6.45, 7) is 3.38. The van der Waals surface area contributed by atoms with Crippen LogP contribution in [0.15, 0.2) is 12.1 Å². The van der Waals surface area contributed by atoms with Gasteiger partial charge in [-0.3, -0.25) is 4.79 Å². The summed E-state index contributed by atoms with van der Waals surface area (Å²) in [7, 11) is 0. The number of thiophene rings is 1. The number of alkyl halides is 1. The Balaban J connectivity index is 2.04. The summed E-state index contributed by atoms with van der Waals surface area (Å²) < 4.78 is 6.39. The molecule has 94 valence electrons. The Morgan fingerprint density at radius 3 is 3.00 bits per heavy atom. The first-order valence-electron chi connectivity index (χ1n) is 5.37. The van der Waals surface area contributed by atoms with Crippen LogP contribution in [0.1, 0.15) is 17.9 Å². The fraction of sp³-hybridized carbons (Fsp3) is 0.545. The molecule has 2 heterocycles. The van der Waals surface area contributed by atoms with Crippen molar-refractivity contribution in [3.63, 3.8) is 0 Å². The summed E-state index contributed by atoms with van der Waals surface area (Å²) in [5.74, 6) is -0.0392. The van der Waals surface area contributed by atoms with Crippen molar-refractivity contribution in [2.45, 2.75) is 18.4 Å². The van der Waals surface area contributed by atoms with Crippen LogP contribution in [0, 0.1) is 0 Å². The highest BCUT2D eigenvalue weighted by molar-refractivity contribution is 7.16. The second-order valence-corrected chi connectivity index (χ2v) is 6.30. The Morgan fingerprint density at radius 1 is 1.65 bits per heavy atom. The number of ether oxygens (including phenoxy) is 1. The van der Waals surface area contributed by atoms with Crippen LogP contribution in [-0.2, 0) is 9.53 Å². The van der Waals surface area contributed by atoms with Gasteiger partial charge in [-0.1, -0.05) is 11.6 Å². The SMILES string of the molecule is CC(Cl)C(=O)N1CCOC(c2ccc(Cl)s2)C1. The molecule has 1 aromatic rings. The molecule has 0 N–H and O–H groups in total. The lowest BCUT2D eigenvalue weighted by molar-refractivity contribution is -0.138. The number of halogens is 2. The molecule has 1 aliphatic heterocycles. The van der Waals surface area contributed by atoms with Gasteiger partial charge in [0.15, 0.2) is 0 Å². The van der Waals surface area contributed by atoms with Gasteiger partial charge >= 0.3 is 0 Å². The van der Waals surface area contributed by atoms with Gasteiger partial charge in [-0.05, 0) is 19.1 Å². The van der Waals surface area contributed by atoms with E-state index in [9.17, 15) is 4.79 Å². The zero-order valence-electron chi connectivity index (χ0n) is 9.36. The number of hydrogen-bond donors (Lipinski definition) is 0. The van der Waals surface area contributed by atoms with Gasteiger partial charge in [-0.25, -0.2) is 0 Å². The highest BCUT2D eigenvalue weighted by atomic mass is 35.5. The highest BCUT2D eigenvalue weighted by Crippen LogP contribution is 2.31. The van der Waals surface area contributed by atoms with Gasteiger partial charge in [0.2, 0.25) is 5.91 Å². The predicted molar refractivity (Wildman–Crippen MR) is 69.9 cm³/mol. The lowest BCUT2D eigenvalue weighted by Gasteiger charge is -2.33. The van der Waals surface area contributed by atoms with Crippen molar-refractivity contribution >= 4 is 40.4 Å². The van der Waals surface area contributed by atoms with Gasteiger partial charge in [0.25, 0.3) is 0 Å². The van der Waals surface area contributed by atoms with Gasteiger partial charge in [0, 0.05) is 11.4 Å². The number of rotatable bonds is 2. The van der Waals surface area contributed by atoms with E-state index in [1.165, 1.54) is 11.3 Å². The first-order chi connectivity index (χ1) is 8.08. The zero-order chi connectivity index (χ0) is 12.4. The van der Waals surface area contributed by atoms with E-state index >= 15 is 0 Å². The van der Waals surface area contributed by atoms with E-state index in [1.54, 1.807) is 11.8 Å². The maximum atomic E-state index is 11.8. The predicted octanol–water partition coefficient (Wildman–Crippen LogP) is 2.93. The number of hydrogen-bond acceptors (Lipinski definition) is 3. The Kier molecular flexibility index (Phi) is 4.31. The Morgan fingerprint density at radius 2 is 2.41 bits per heavy atom. The van der Waals surface area contributed by atoms with E-state index < -0.39 is 5.38 Å². The van der Waals surface area contributed by atoms with Gasteiger partial charge in [-0.15, -0.1) is 22.9 Å². The van der Waals surface area contributed by atoms with Crippen molar-refractivity contribution in [2.24, 2.45) is 0 Å². The number of morpholine rings is 1. The molecule has 0 radical (unpaired) electrons. The van der Waals surface area contributed by atoms with Crippen LogP contribution < -0.4 is 0 Å². The van der Waals surface area contributed by atoms with E-state index in [2.05, 4.69) is 0 Å². The summed E-state index contributed by atoms with van der Waals surface area (Å²) >= 11 is 13.2. The zero-order valence-corrected chi connectivity index (χ0v) is 11.7. The number of amides is 1. The monoisotopic (exact) mass is 293 g/mol. The normalized spacial score (nSPS) is 22.5. The van der Waals surface area contributed by atoms with Crippen molar-refractivity contribution in [1.82, 2.24) is 4.90 Å². The molecule has 17 heavy (non-hydrogen) atoms. The first-order valence-corrected chi connectivity index (χ1v) is 7.00. The van der Waals surface area contributed by atoms with Crippen LogP contribution in [0.4, 0.5) is 0 Å². The molecular formula is C11H13Cl2NO2S. The topological polar surface area (TPSA) is 29.5 Å². The van der Waals surface area contributed by atoms with Crippen LogP contribution in [-0.4, -0.2) is 35.9 Å². The second kappa shape index (κ2) is 5.57. The molecule has 0 aliphatic carbocycles. The highest BCUT2D eigenvalue weighted by Gasteiger charge is 2.28. The molecule has 3 nitrogen and oxygen atoms in total. The van der Waals surface area contributed by atoms with Gasteiger partial charge in [0.1, 0.15) is 11.5 Å². The lowest BCUT2D eigenvalue weighted by atomic mass is 10.2. The third kappa shape index (κ3) is 3.13. The molecule has 1 fully saturated rings. The van der Waals surface area contributed by atoms with Crippen molar-refractivity contribution in [3.8, 4) is 0 Å².